The summed E-state index contributed by atoms with van der Waals surface area (Å²) in [5.41, 5.74) is 0. The average Bonchev–Trinajstić information content (AvgIpc) is 2.87. The summed E-state index contributed by atoms with van der Waals surface area (Å²) in [7, 11) is 0. The molecule has 21 heavy (non-hydrogen) atoms. The summed E-state index contributed by atoms with van der Waals surface area (Å²) < 4.78 is 43.6. The third kappa shape index (κ3) is 3.16. The fourth-order valence-corrected chi connectivity index (χ4v) is 2.69. The SMILES string of the molecule is FC(F)(F)c1nnc(Oc2ccc3cc(Br)ccc3c2)s1. The average molecular weight is 375 g/mol. The van der Waals surface area contributed by atoms with E-state index < -0.39 is 11.2 Å². The first-order chi connectivity index (χ1) is 9.91. The molecule has 0 N–H and O–H groups in total. The van der Waals surface area contributed by atoms with Crippen molar-refractivity contribution in [3.8, 4) is 10.9 Å². The Morgan fingerprint density at radius 2 is 1.71 bits per heavy atom. The quantitative estimate of drug-likeness (QED) is 0.613. The summed E-state index contributed by atoms with van der Waals surface area (Å²) in [6.07, 6.45) is -4.51. The molecule has 1 heterocycles. The Morgan fingerprint density at radius 3 is 2.43 bits per heavy atom. The third-order valence-electron chi connectivity index (χ3n) is 2.63. The van der Waals surface area contributed by atoms with Crippen LogP contribution < -0.4 is 4.74 Å². The summed E-state index contributed by atoms with van der Waals surface area (Å²) >= 11 is 3.74. The van der Waals surface area contributed by atoms with Gasteiger partial charge in [-0.15, -0.1) is 5.10 Å². The lowest BCUT2D eigenvalue weighted by molar-refractivity contribution is -0.138. The molecule has 0 fully saturated rings. The zero-order chi connectivity index (χ0) is 15.0. The van der Waals surface area contributed by atoms with Crippen LogP contribution in [0.3, 0.4) is 0 Å². The van der Waals surface area contributed by atoms with Gasteiger partial charge in [0.25, 0.3) is 5.19 Å². The lowest BCUT2D eigenvalue weighted by Gasteiger charge is -2.04. The molecule has 1 aromatic heterocycles. The summed E-state index contributed by atoms with van der Waals surface area (Å²) in [4.78, 5) is 0. The van der Waals surface area contributed by atoms with Gasteiger partial charge in [-0.05, 0) is 35.0 Å². The molecule has 0 saturated heterocycles. The van der Waals surface area contributed by atoms with E-state index >= 15 is 0 Å². The van der Waals surface area contributed by atoms with E-state index in [-0.39, 0.29) is 5.19 Å². The van der Waals surface area contributed by atoms with Gasteiger partial charge in [0.1, 0.15) is 5.75 Å². The summed E-state index contributed by atoms with van der Waals surface area (Å²) in [6.45, 7) is 0. The largest absolute Gasteiger partial charge is 0.445 e. The lowest BCUT2D eigenvalue weighted by Crippen LogP contribution is -2.03. The van der Waals surface area contributed by atoms with Gasteiger partial charge in [-0.2, -0.15) is 13.2 Å². The number of halogens is 4. The number of benzene rings is 2. The summed E-state index contributed by atoms with van der Waals surface area (Å²) in [5, 5.41) is 7.20. The Kier molecular flexibility index (Phi) is 3.58. The fourth-order valence-electron chi connectivity index (χ4n) is 1.72. The van der Waals surface area contributed by atoms with Crippen LogP contribution in [0.5, 0.6) is 10.9 Å². The lowest BCUT2D eigenvalue weighted by atomic mass is 10.1. The van der Waals surface area contributed by atoms with Crippen molar-refractivity contribution in [1.29, 1.82) is 0 Å². The van der Waals surface area contributed by atoms with Gasteiger partial charge in [0.05, 0.1) is 0 Å². The van der Waals surface area contributed by atoms with Crippen LogP contribution in [-0.2, 0) is 6.18 Å². The topological polar surface area (TPSA) is 35.0 Å². The molecule has 8 heteroatoms. The highest BCUT2D eigenvalue weighted by atomic mass is 79.9. The number of nitrogens with zero attached hydrogens (tertiary/aromatic N) is 2. The van der Waals surface area contributed by atoms with Crippen LogP contribution in [0.1, 0.15) is 5.01 Å². The third-order valence-corrected chi connectivity index (χ3v) is 3.97. The molecule has 0 spiro atoms. The number of hydrogen-bond acceptors (Lipinski definition) is 4. The standard InChI is InChI=1S/C13H6BrF3N2OS/c14-9-3-1-8-6-10(4-2-7(8)5-9)20-12-19-18-11(21-12)13(15,16)17/h1-6H. The molecular formula is C13H6BrF3N2OS. The van der Waals surface area contributed by atoms with Crippen LogP contribution in [0, 0.1) is 0 Å². The maximum Gasteiger partial charge on any atom is 0.445 e. The number of alkyl halides is 3. The maximum atomic E-state index is 12.4. The Morgan fingerprint density at radius 1 is 1.00 bits per heavy atom. The molecule has 3 rings (SSSR count). The molecule has 0 amide bonds. The maximum absolute atomic E-state index is 12.4. The first kappa shape index (κ1) is 14.3. The highest BCUT2D eigenvalue weighted by Crippen LogP contribution is 2.36. The Balaban J connectivity index is 1.88. The van der Waals surface area contributed by atoms with E-state index in [1.165, 1.54) is 0 Å². The smallest absolute Gasteiger partial charge is 0.430 e. The molecule has 0 radical (unpaired) electrons. The van der Waals surface area contributed by atoms with Crippen molar-refractivity contribution in [3.63, 3.8) is 0 Å². The number of hydrogen-bond donors (Lipinski definition) is 0. The molecule has 0 bridgehead atoms. The second kappa shape index (κ2) is 5.27. The molecule has 0 aliphatic heterocycles. The predicted octanol–water partition coefficient (Wildman–Crippen LogP) is 5.26. The van der Waals surface area contributed by atoms with E-state index in [0.717, 1.165) is 15.2 Å². The molecule has 3 nitrogen and oxygen atoms in total. The van der Waals surface area contributed by atoms with Gasteiger partial charge in [-0.3, -0.25) is 0 Å². The monoisotopic (exact) mass is 374 g/mol. The molecule has 0 unspecified atom stereocenters. The summed E-state index contributed by atoms with van der Waals surface area (Å²) in [6, 6.07) is 10.9. The molecule has 3 aromatic rings. The second-order valence-corrected chi connectivity index (χ2v) is 5.98. The molecule has 0 atom stereocenters. The minimum atomic E-state index is -4.51. The van der Waals surface area contributed by atoms with Gasteiger partial charge in [-0.1, -0.05) is 44.5 Å². The van der Waals surface area contributed by atoms with Crippen LogP contribution in [0.2, 0.25) is 0 Å². The van der Waals surface area contributed by atoms with Crippen LogP contribution in [0.4, 0.5) is 13.2 Å². The van der Waals surface area contributed by atoms with Gasteiger partial charge in [-0.25, -0.2) is 0 Å². The first-order valence-electron chi connectivity index (χ1n) is 5.70. The van der Waals surface area contributed by atoms with Crippen molar-refractivity contribution in [2.45, 2.75) is 6.18 Å². The highest BCUT2D eigenvalue weighted by Gasteiger charge is 2.36. The fraction of sp³-hybridized carbons (Fsp3) is 0.0769. The van der Waals surface area contributed by atoms with Gasteiger partial charge in [0.15, 0.2) is 0 Å². The number of aromatic nitrogens is 2. The van der Waals surface area contributed by atoms with Crippen LogP contribution >= 0.6 is 27.3 Å². The van der Waals surface area contributed by atoms with Crippen molar-refractivity contribution >= 4 is 38.0 Å². The van der Waals surface area contributed by atoms with E-state index in [9.17, 15) is 13.2 Å². The van der Waals surface area contributed by atoms with Crippen molar-refractivity contribution < 1.29 is 17.9 Å². The predicted molar refractivity (Wildman–Crippen MR) is 76.6 cm³/mol. The van der Waals surface area contributed by atoms with E-state index in [0.29, 0.717) is 17.1 Å². The van der Waals surface area contributed by atoms with Gasteiger partial charge >= 0.3 is 6.18 Å². The Bertz CT molecular complexity index is 803. The molecule has 0 aliphatic rings. The van der Waals surface area contributed by atoms with Crippen LogP contribution in [-0.4, -0.2) is 10.2 Å². The minimum absolute atomic E-state index is 0.140. The van der Waals surface area contributed by atoms with Crippen LogP contribution in [0.15, 0.2) is 40.9 Å². The number of ether oxygens (including phenoxy) is 1. The minimum Gasteiger partial charge on any atom is -0.430 e. The molecule has 108 valence electrons. The normalized spacial score (nSPS) is 11.8. The van der Waals surface area contributed by atoms with Crippen molar-refractivity contribution in [3.05, 3.63) is 45.9 Å². The molecular weight excluding hydrogens is 369 g/mol. The molecule has 0 aliphatic carbocycles. The van der Waals surface area contributed by atoms with E-state index in [1.807, 2.05) is 24.3 Å². The van der Waals surface area contributed by atoms with Gasteiger partial charge < -0.3 is 4.74 Å². The molecule has 2 aromatic carbocycles. The van der Waals surface area contributed by atoms with E-state index in [4.69, 9.17) is 4.74 Å². The zero-order valence-electron chi connectivity index (χ0n) is 10.2. The zero-order valence-corrected chi connectivity index (χ0v) is 12.6. The second-order valence-electron chi connectivity index (χ2n) is 4.13. The first-order valence-corrected chi connectivity index (χ1v) is 7.31. The van der Waals surface area contributed by atoms with E-state index in [1.54, 1.807) is 12.1 Å². The summed E-state index contributed by atoms with van der Waals surface area (Å²) in [5.74, 6) is 0.412. The van der Waals surface area contributed by atoms with Crippen molar-refractivity contribution in [2.75, 3.05) is 0 Å². The van der Waals surface area contributed by atoms with Crippen molar-refractivity contribution in [2.24, 2.45) is 0 Å². The van der Waals surface area contributed by atoms with Gasteiger partial charge in [0.2, 0.25) is 5.01 Å². The Labute approximate surface area is 129 Å². The number of fused-ring (bicyclic) bond motifs is 1. The Hall–Kier alpha value is -1.67. The highest BCUT2D eigenvalue weighted by molar-refractivity contribution is 9.10. The number of rotatable bonds is 2. The van der Waals surface area contributed by atoms with E-state index in [2.05, 4.69) is 26.1 Å². The van der Waals surface area contributed by atoms with Crippen molar-refractivity contribution in [1.82, 2.24) is 10.2 Å². The van der Waals surface area contributed by atoms with Gasteiger partial charge in [0, 0.05) is 4.47 Å². The molecule has 0 saturated carbocycles. The van der Waals surface area contributed by atoms with Crippen LogP contribution in [0.25, 0.3) is 10.8 Å².